The van der Waals surface area contributed by atoms with E-state index in [-0.39, 0.29) is 38.1 Å². The second-order valence-electron chi connectivity index (χ2n) is 15.5. The van der Waals surface area contributed by atoms with Crippen LogP contribution in [0.2, 0.25) is 0 Å². The van der Waals surface area contributed by atoms with Crippen LogP contribution in [0.1, 0.15) is 80.2 Å². The van der Waals surface area contributed by atoms with Gasteiger partial charge in [0.05, 0.1) is 35.9 Å². The molecule has 1 aromatic carbocycles. The van der Waals surface area contributed by atoms with Gasteiger partial charge in [-0.25, -0.2) is 4.79 Å². The van der Waals surface area contributed by atoms with Crippen LogP contribution in [0.15, 0.2) is 30.3 Å². The normalized spacial score (nSPS) is 41.2. The van der Waals surface area contributed by atoms with Crippen LogP contribution in [0.5, 0.6) is 0 Å². The number of nitrogens with one attached hydrogen (secondary N) is 1. The van der Waals surface area contributed by atoms with Gasteiger partial charge in [0.15, 0.2) is 6.29 Å². The molecule has 0 bridgehead atoms. The Morgan fingerprint density at radius 2 is 1.66 bits per heavy atom. The van der Waals surface area contributed by atoms with Gasteiger partial charge in [-0.3, -0.25) is 4.79 Å². The first-order valence-electron chi connectivity index (χ1n) is 18.0. The van der Waals surface area contributed by atoms with Crippen molar-refractivity contribution in [3.8, 4) is 0 Å². The minimum Gasteiger partial charge on any atom is -0.459 e. The number of carbonyl (C=O) groups is 2. The van der Waals surface area contributed by atoms with E-state index in [4.69, 9.17) is 14.2 Å². The summed E-state index contributed by atoms with van der Waals surface area (Å²) < 4.78 is 18.3. The quantitative estimate of drug-likeness (QED) is 0.239. The number of aliphatic hydroxyl groups excluding tert-OH is 3. The Morgan fingerprint density at radius 1 is 1.04 bits per heavy atom. The van der Waals surface area contributed by atoms with Crippen LogP contribution in [0.25, 0.3) is 0 Å². The average molecular weight is 710 g/mol. The fourth-order valence-electron chi connectivity index (χ4n) is 7.65. The molecule has 0 aromatic heterocycles. The van der Waals surface area contributed by atoms with Crippen LogP contribution in [-0.2, 0) is 25.5 Å². The van der Waals surface area contributed by atoms with Gasteiger partial charge in [-0.1, -0.05) is 51.1 Å². The highest BCUT2D eigenvalue weighted by Crippen LogP contribution is 2.36. The first kappa shape index (κ1) is 42.1. The molecule has 0 spiro atoms. The SMILES string of the molecule is CC[C@H]1OC(=O)[C@H](C)C(O)[C@H](C)[C@@H](O[C@@H]2O[C@H](C)C[C@H](N(C)C)[C@H]2O)C(C)(O)C[C@@H](C)CN(C(=O)NCc2ccccc2)[C@H](C)[C@@H](O)[C@]1(C)O. The lowest BCUT2D eigenvalue weighted by Gasteiger charge is -2.46. The van der Waals surface area contributed by atoms with Gasteiger partial charge in [0.2, 0.25) is 0 Å². The molecule has 2 aliphatic rings. The van der Waals surface area contributed by atoms with Crippen molar-refractivity contribution in [1.82, 2.24) is 15.1 Å². The van der Waals surface area contributed by atoms with E-state index in [1.165, 1.54) is 18.7 Å². The van der Waals surface area contributed by atoms with Crippen LogP contribution in [0, 0.1) is 17.8 Å². The number of cyclic esters (lactones) is 1. The number of aliphatic hydroxyl groups is 5. The third-order valence-corrected chi connectivity index (χ3v) is 10.7. The lowest BCUT2D eigenvalue weighted by molar-refractivity contribution is -0.299. The Labute approximate surface area is 297 Å². The zero-order valence-electron chi connectivity index (χ0n) is 31.5. The first-order valence-corrected chi connectivity index (χ1v) is 18.0. The molecular weight excluding hydrogens is 646 g/mol. The van der Waals surface area contributed by atoms with E-state index in [9.17, 15) is 35.1 Å². The van der Waals surface area contributed by atoms with Crippen molar-refractivity contribution in [3.05, 3.63) is 35.9 Å². The molecular formula is C37H63N3O10. The number of nitrogens with zero attached hydrogens (tertiary/aromatic N) is 2. The molecule has 13 heteroatoms. The smallest absolute Gasteiger partial charge is 0.318 e. The minimum absolute atomic E-state index is 0.0578. The summed E-state index contributed by atoms with van der Waals surface area (Å²) in [5.74, 6) is -3.23. The predicted octanol–water partition coefficient (Wildman–Crippen LogP) is 2.26. The van der Waals surface area contributed by atoms with E-state index >= 15 is 0 Å². The highest BCUT2D eigenvalue weighted by molar-refractivity contribution is 5.75. The highest BCUT2D eigenvalue weighted by atomic mass is 16.7. The largest absolute Gasteiger partial charge is 0.459 e. The summed E-state index contributed by atoms with van der Waals surface area (Å²) in [4.78, 5) is 30.7. The number of amides is 2. The first-order chi connectivity index (χ1) is 23.2. The summed E-state index contributed by atoms with van der Waals surface area (Å²) in [5.41, 5.74) is -2.79. The minimum atomic E-state index is -1.98. The molecule has 6 N–H and O–H groups in total. The third-order valence-electron chi connectivity index (χ3n) is 10.7. The van der Waals surface area contributed by atoms with Gasteiger partial charge in [-0.15, -0.1) is 0 Å². The second kappa shape index (κ2) is 17.4. The molecule has 0 radical (unpaired) electrons. The highest BCUT2D eigenvalue weighted by Gasteiger charge is 2.50. The Balaban J connectivity index is 2.05. The molecule has 2 amide bonds. The number of likely N-dealkylation sites (N-methyl/N-ethyl adjacent to an activating group) is 1. The average Bonchev–Trinajstić information content (AvgIpc) is 3.06. The van der Waals surface area contributed by atoms with Gasteiger partial charge in [0.25, 0.3) is 0 Å². The van der Waals surface area contributed by atoms with Crippen molar-refractivity contribution in [3.63, 3.8) is 0 Å². The van der Waals surface area contributed by atoms with Crippen molar-refractivity contribution in [2.75, 3.05) is 20.6 Å². The topological polar surface area (TPSA) is 181 Å². The number of benzene rings is 1. The summed E-state index contributed by atoms with van der Waals surface area (Å²) in [6.07, 6.45) is -7.00. The van der Waals surface area contributed by atoms with E-state index in [0.717, 1.165) is 5.56 Å². The van der Waals surface area contributed by atoms with Gasteiger partial charge in [-0.05, 0) is 79.5 Å². The third kappa shape index (κ3) is 9.94. The maximum atomic E-state index is 13.8. The monoisotopic (exact) mass is 709 g/mol. The van der Waals surface area contributed by atoms with Gasteiger partial charge >= 0.3 is 12.0 Å². The van der Waals surface area contributed by atoms with E-state index in [1.807, 2.05) is 63.2 Å². The number of urea groups is 1. The Morgan fingerprint density at radius 3 is 2.24 bits per heavy atom. The molecule has 0 aliphatic carbocycles. The van der Waals surface area contributed by atoms with Crippen molar-refractivity contribution in [2.45, 2.75) is 147 Å². The van der Waals surface area contributed by atoms with Crippen molar-refractivity contribution >= 4 is 12.0 Å². The number of carbonyl (C=O) groups excluding carboxylic acids is 2. The molecule has 286 valence electrons. The zero-order chi connectivity index (χ0) is 37.7. The zero-order valence-corrected chi connectivity index (χ0v) is 31.5. The number of rotatable bonds is 6. The predicted molar refractivity (Wildman–Crippen MR) is 188 cm³/mol. The van der Waals surface area contributed by atoms with Crippen molar-refractivity contribution < 1.29 is 49.3 Å². The number of esters is 1. The van der Waals surface area contributed by atoms with E-state index in [0.29, 0.717) is 6.42 Å². The van der Waals surface area contributed by atoms with Crippen LogP contribution in [0.3, 0.4) is 0 Å². The van der Waals surface area contributed by atoms with Gasteiger partial charge in [0.1, 0.15) is 23.9 Å². The number of ether oxygens (including phenoxy) is 3. The van der Waals surface area contributed by atoms with Crippen LogP contribution in [0.4, 0.5) is 4.79 Å². The fraction of sp³-hybridized carbons (Fsp3) is 0.784. The lowest BCUT2D eigenvalue weighted by atomic mass is 9.78. The lowest BCUT2D eigenvalue weighted by Crippen LogP contribution is -2.61. The second-order valence-corrected chi connectivity index (χ2v) is 15.5. The van der Waals surface area contributed by atoms with Crippen LogP contribution >= 0.6 is 0 Å². The molecule has 2 aliphatic heterocycles. The molecule has 13 nitrogen and oxygen atoms in total. The molecule has 2 fully saturated rings. The summed E-state index contributed by atoms with van der Waals surface area (Å²) >= 11 is 0. The Bertz CT molecular complexity index is 1230. The molecule has 2 heterocycles. The van der Waals surface area contributed by atoms with Gasteiger partial charge < -0.3 is 54.9 Å². The number of hydrogen-bond donors (Lipinski definition) is 6. The summed E-state index contributed by atoms with van der Waals surface area (Å²) in [6, 6.07) is 7.60. The molecule has 2 unspecified atom stereocenters. The van der Waals surface area contributed by atoms with E-state index in [1.54, 1.807) is 27.7 Å². The van der Waals surface area contributed by atoms with Crippen LogP contribution < -0.4 is 5.32 Å². The van der Waals surface area contributed by atoms with Crippen molar-refractivity contribution in [2.24, 2.45) is 17.8 Å². The molecule has 0 saturated carbocycles. The Kier molecular flexibility index (Phi) is 14.7. The van der Waals surface area contributed by atoms with E-state index < -0.39 is 83.8 Å². The molecule has 2 saturated heterocycles. The molecule has 3 rings (SSSR count). The maximum Gasteiger partial charge on any atom is 0.318 e. The number of hydrogen-bond acceptors (Lipinski definition) is 11. The van der Waals surface area contributed by atoms with Crippen molar-refractivity contribution in [1.29, 1.82) is 0 Å². The van der Waals surface area contributed by atoms with Gasteiger partial charge in [-0.2, -0.15) is 0 Å². The Hall–Kier alpha value is -2.36. The fourth-order valence-corrected chi connectivity index (χ4v) is 7.65. The summed E-state index contributed by atoms with van der Waals surface area (Å²) in [6.45, 7) is 13.4. The summed E-state index contributed by atoms with van der Waals surface area (Å²) in [5, 5.41) is 61.4. The van der Waals surface area contributed by atoms with Crippen LogP contribution in [-0.4, -0.2) is 134 Å². The van der Waals surface area contributed by atoms with E-state index in [2.05, 4.69) is 5.32 Å². The molecule has 1 aromatic rings. The molecule has 14 atom stereocenters. The maximum absolute atomic E-state index is 13.8. The summed E-state index contributed by atoms with van der Waals surface area (Å²) in [7, 11) is 3.70. The standard InChI is InChI=1S/C37H63N3O10/c1-11-28-37(8,47)31(43)25(6)40(35(45)38-19-26-15-13-12-14-16-26)20-21(2)18-36(7,46)32(23(4)29(41)24(5)33(44)49-28)50-34-30(42)27(39(9)10)17-22(3)48-34/h12-16,21-25,27-32,34,41-43,46-47H,11,17-20H2,1-10H3,(H,38,45)/t21-,22-,23+,24-,25-,27+,28-,29?,30-,31-,32-,34+,36?,37-/m1/s1. The molecule has 50 heavy (non-hydrogen) atoms. The van der Waals surface area contributed by atoms with Gasteiger partial charge in [0, 0.05) is 25.0 Å².